The highest BCUT2D eigenvalue weighted by molar-refractivity contribution is 9.09. The number of halogens is 2. The van der Waals surface area contributed by atoms with Crippen LogP contribution in [-0.4, -0.2) is 5.33 Å². The molecule has 0 N–H and O–H groups in total. The fraction of sp³-hybridized carbons (Fsp3) is 0.333. The van der Waals surface area contributed by atoms with Gasteiger partial charge in [-0.2, -0.15) is 0 Å². The van der Waals surface area contributed by atoms with Gasteiger partial charge in [0.1, 0.15) is 0 Å². The van der Waals surface area contributed by atoms with E-state index in [9.17, 15) is 0 Å². The van der Waals surface area contributed by atoms with Crippen LogP contribution in [0.1, 0.15) is 19.4 Å². The molecule has 0 nitrogen and oxygen atoms in total. The van der Waals surface area contributed by atoms with Crippen LogP contribution in [0.25, 0.3) is 6.08 Å². The maximum Gasteiger partial charge on any atom is 0.0478 e. The first-order valence-electron chi connectivity index (χ1n) is 4.66. The number of benzene rings is 1. The van der Waals surface area contributed by atoms with Gasteiger partial charge in [0, 0.05) is 10.4 Å². The number of hydrogen-bond donors (Lipinski definition) is 0. The molecule has 0 radical (unpaired) electrons. The molecule has 0 spiro atoms. The fourth-order valence-corrected chi connectivity index (χ4v) is 2.15. The van der Waals surface area contributed by atoms with Crippen LogP contribution >= 0.6 is 27.5 Å². The summed E-state index contributed by atoms with van der Waals surface area (Å²) < 4.78 is 0. The van der Waals surface area contributed by atoms with E-state index in [1.165, 1.54) is 5.57 Å². The minimum atomic E-state index is 0.547. The molecule has 0 fully saturated rings. The first kappa shape index (κ1) is 11.8. The van der Waals surface area contributed by atoms with Crippen molar-refractivity contribution in [2.75, 3.05) is 5.33 Å². The molecule has 76 valence electrons. The van der Waals surface area contributed by atoms with Crippen LogP contribution in [0.5, 0.6) is 0 Å². The van der Waals surface area contributed by atoms with Crippen LogP contribution in [0.3, 0.4) is 0 Å². The van der Waals surface area contributed by atoms with E-state index in [0.29, 0.717) is 5.92 Å². The van der Waals surface area contributed by atoms with E-state index in [2.05, 4.69) is 35.9 Å². The van der Waals surface area contributed by atoms with E-state index in [1.54, 1.807) is 0 Å². The molecule has 2 heteroatoms. The second-order valence-corrected chi connectivity index (χ2v) is 4.50. The van der Waals surface area contributed by atoms with Gasteiger partial charge in [0.2, 0.25) is 0 Å². The summed E-state index contributed by atoms with van der Waals surface area (Å²) in [6, 6.07) is 7.90. The SMILES string of the molecule is CC(C)C(=Cc1ccccc1Cl)CBr. The molecule has 1 aromatic carbocycles. The summed E-state index contributed by atoms with van der Waals surface area (Å²) in [6.07, 6.45) is 2.15. The molecule has 0 aliphatic rings. The van der Waals surface area contributed by atoms with Crippen LogP contribution < -0.4 is 0 Å². The van der Waals surface area contributed by atoms with Gasteiger partial charge in [-0.3, -0.25) is 0 Å². The summed E-state index contributed by atoms with van der Waals surface area (Å²) >= 11 is 9.56. The molecular formula is C12H14BrCl. The van der Waals surface area contributed by atoms with Crippen molar-refractivity contribution in [2.24, 2.45) is 5.92 Å². The topological polar surface area (TPSA) is 0 Å². The number of hydrogen-bond acceptors (Lipinski definition) is 0. The zero-order valence-corrected chi connectivity index (χ0v) is 10.8. The third-order valence-corrected chi connectivity index (χ3v) is 3.13. The van der Waals surface area contributed by atoms with Gasteiger partial charge in [0.05, 0.1) is 0 Å². The predicted molar refractivity (Wildman–Crippen MR) is 68.1 cm³/mol. The van der Waals surface area contributed by atoms with Crippen LogP contribution in [0.2, 0.25) is 5.02 Å². The van der Waals surface area contributed by atoms with Crippen molar-refractivity contribution < 1.29 is 0 Å². The lowest BCUT2D eigenvalue weighted by atomic mass is 10.0. The third-order valence-electron chi connectivity index (χ3n) is 2.14. The molecule has 0 saturated heterocycles. The molecule has 14 heavy (non-hydrogen) atoms. The first-order valence-corrected chi connectivity index (χ1v) is 6.16. The number of rotatable bonds is 3. The van der Waals surface area contributed by atoms with E-state index in [-0.39, 0.29) is 0 Å². The minimum absolute atomic E-state index is 0.547. The van der Waals surface area contributed by atoms with Crippen molar-refractivity contribution >= 4 is 33.6 Å². The molecule has 0 amide bonds. The molecule has 0 bridgehead atoms. The number of alkyl halides is 1. The predicted octanol–water partition coefficient (Wildman–Crippen LogP) is 4.77. The Morgan fingerprint density at radius 2 is 2.07 bits per heavy atom. The molecule has 0 aliphatic heterocycles. The van der Waals surface area contributed by atoms with Crippen molar-refractivity contribution in [3.8, 4) is 0 Å². The molecule has 0 atom stereocenters. The molecule has 1 aromatic rings. The van der Waals surface area contributed by atoms with E-state index in [4.69, 9.17) is 11.6 Å². The van der Waals surface area contributed by atoms with E-state index < -0.39 is 0 Å². The second kappa shape index (κ2) is 5.57. The smallest absolute Gasteiger partial charge is 0.0478 e. The Hall–Kier alpha value is -0.270. The van der Waals surface area contributed by atoms with E-state index in [1.807, 2.05) is 24.3 Å². The van der Waals surface area contributed by atoms with E-state index in [0.717, 1.165) is 15.9 Å². The van der Waals surface area contributed by atoms with Crippen molar-refractivity contribution in [3.63, 3.8) is 0 Å². The average molecular weight is 274 g/mol. The van der Waals surface area contributed by atoms with E-state index >= 15 is 0 Å². The molecule has 0 aromatic heterocycles. The van der Waals surface area contributed by atoms with Crippen molar-refractivity contribution in [1.82, 2.24) is 0 Å². The zero-order chi connectivity index (χ0) is 10.6. The maximum absolute atomic E-state index is 6.07. The summed E-state index contributed by atoms with van der Waals surface area (Å²) in [7, 11) is 0. The normalized spacial score (nSPS) is 12.2. The van der Waals surface area contributed by atoms with Gasteiger partial charge in [0.25, 0.3) is 0 Å². The van der Waals surface area contributed by atoms with Crippen molar-refractivity contribution in [1.29, 1.82) is 0 Å². The first-order chi connectivity index (χ1) is 6.65. The van der Waals surface area contributed by atoms with Crippen LogP contribution in [0.4, 0.5) is 0 Å². The number of allylic oxidation sites excluding steroid dienone is 1. The molecule has 1 rings (SSSR count). The monoisotopic (exact) mass is 272 g/mol. The largest absolute Gasteiger partial charge is 0.0880 e. The van der Waals surface area contributed by atoms with Crippen molar-refractivity contribution in [2.45, 2.75) is 13.8 Å². The fourth-order valence-electron chi connectivity index (χ4n) is 1.15. The Bertz CT molecular complexity index is 329. The Balaban J connectivity index is 3.00. The lowest BCUT2D eigenvalue weighted by Gasteiger charge is -2.08. The van der Waals surface area contributed by atoms with Gasteiger partial charge in [-0.05, 0) is 17.5 Å². The molecule has 0 aliphatic carbocycles. The maximum atomic E-state index is 6.07. The average Bonchev–Trinajstić information content (AvgIpc) is 2.16. The van der Waals surface area contributed by atoms with Gasteiger partial charge in [0.15, 0.2) is 0 Å². The summed E-state index contributed by atoms with van der Waals surface area (Å²) in [5.41, 5.74) is 2.45. The van der Waals surface area contributed by atoms with Gasteiger partial charge < -0.3 is 0 Å². The van der Waals surface area contributed by atoms with Crippen LogP contribution in [-0.2, 0) is 0 Å². The Morgan fingerprint density at radius 1 is 1.43 bits per heavy atom. The summed E-state index contributed by atoms with van der Waals surface area (Å²) in [4.78, 5) is 0. The Kier molecular flexibility index (Phi) is 4.70. The van der Waals surface area contributed by atoms with Gasteiger partial charge >= 0.3 is 0 Å². The lowest BCUT2D eigenvalue weighted by molar-refractivity contribution is 0.781. The zero-order valence-electron chi connectivity index (χ0n) is 8.43. The highest BCUT2D eigenvalue weighted by atomic mass is 79.9. The lowest BCUT2D eigenvalue weighted by Crippen LogP contribution is -1.94. The standard InChI is InChI=1S/C12H14BrCl/c1-9(2)11(8-13)7-10-5-3-4-6-12(10)14/h3-7,9H,8H2,1-2H3. The second-order valence-electron chi connectivity index (χ2n) is 3.53. The molecule has 0 heterocycles. The quantitative estimate of drug-likeness (QED) is 0.696. The molecular weight excluding hydrogens is 259 g/mol. The Labute approximate surface area is 99.1 Å². The minimum Gasteiger partial charge on any atom is -0.0880 e. The summed E-state index contributed by atoms with van der Waals surface area (Å²) in [5.74, 6) is 0.547. The molecule has 0 unspecified atom stereocenters. The molecule has 0 saturated carbocycles. The summed E-state index contributed by atoms with van der Waals surface area (Å²) in [5, 5.41) is 1.71. The van der Waals surface area contributed by atoms with Crippen LogP contribution in [0, 0.1) is 5.92 Å². The highest BCUT2D eigenvalue weighted by Gasteiger charge is 2.02. The van der Waals surface area contributed by atoms with Gasteiger partial charge in [-0.15, -0.1) is 0 Å². The van der Waals surface area contributed by atoms with Crippen molar-refractivity contribution in [3.05, 3.63) is 40.4 Å². The third kappa shape index (κ3) is 3.14. The van der Waals surface area contributed by atoms with Gasteiger partial charge in [-0.1, -0.05) is 71.2 Å². The highest BCUT2D eigenvalue weighted by Crippen LogP contribution is 2.22. The Morgan fingerprint density at radius 3 is 2.57 bits per heavy atom. The van der Waals surface area contributed by atoms with Gasteiger partial charge in [-0.25, -0.2) is 0 Å². The van der Waals surface area contributed by atoms with Crippen LogP contribution in [0.15, 0.2) is 29.8 Å². The summed E-state index contributed by atoms with van der Waals surface area (Å²) in [6.45, 7) is 4.37.